The van der Waals surface area contributed by atoms with E-state index in [1.807, 2.05) is 12.1 Å². The molecular weight excluding hydrogens is 222 g/mol. The molecule has 98 valence electrons. The Morgan fingerprint density at radius 3 is 2.67 bits per heavy atom. The summed E-state index contributed by atoms with van der Waals surface area (Å²) >= 11 is 0. The van der Waals surface area contributed by atoms with Crippen LogP contribution < -0.4 is 0 Å². The van der Waals surface area contributed by atoms with Gasteiger partial charge in [-0.25, -0.2) is 9.97 Å². The summed E-state index contributed by atoms with van der Waals surface area (Å²) in [6.45, 7) is 4.42. The van der Waals surface area contributed by atoms with Crippen molar-refractivity contribution >= 4 is 0 Å². The highest BCUT2D eigenvalue weighted by Gasteiger charge is 2.11. The molecule has 1 aromatic heterocycles. The van der Waals surface area contributed by atoms with Gasteiger partial charge in [0.25, 0.3) is 0 Å². The topological polar surface area (TPSA) is 49.6 Å². The highest BCUT2D eigenvalue weighted by atomic mass is 14.9. The second kappa shape index (κ2) is 8.63. The minimum absolute atomic E-state index is 0.289. The molecule has 0 aromatic carbocycles. The molecule has 18 heavy (non-hydrogen) atoms. The quantitative estimate of drug-likeness (QED) is 0.645. The van der Waals surface area contributed by atoms with E-state index in [4.69, 9.17) is 5.26 Å². The van der Waals surface area contributed by atoms with Crippen molar-refractivity contribution in [2.24, 2.45) is 0 Å². The van der Waals surface area contributed by atoms with Crippen molar-refractivity contribution in [2.75, 3.05) is 0 Å². The first-order valence-corrected chi connectivity index (χ1v) is 7.04. The van der Waals surface area contributed by atoms with Gasteiger partial charge in [-0.15, -0.1) is 0 Å². The van der Waals surface area contributed by atoms with Crippen molar-refractivity contribution in [3.05, 3.63) is 23.8 Å². The molecule has 0 fully saturated rings. The van der Waals surface area contributed by atoms with Crippen molar-refractivity contribution in [1.82, 2.24) is 9.97 Å². The minimum Gasteiger partial charge on any atom is -0.228 e. The molecule has 0 amide bonds. The van der Waals surface area contributed by atoms with Crippen molar-refractivity contribution in [3.8, 4) is 6.07 Å². The Kier molecular flexibility index (Phi) is 7.01. The van der Waals surface area contributed by atoms with Crippen LogP contribution in [0.25, 0.3) is 0 Å². The van der Waals surface area contributed by atoms with Gasteiger partial charge in [-0.3, -0.25) is 0 Å². The predicted molar refractivity (Wildman–Crippen MR) is 73.2 cm³/mol. The molecule has 1 rings (SSSR count). The molecule has 3 heteroatoms. The number of rotatable bonds is 8. The van der Waals surface area contributed by atoms with Crippen LogP contribution in [-0.2, 0) is 0 Å². The molecular formula is C15H23N3. The summed E-state index contributed by atoms with van der Waals surface area (Å²) in [6, 6.07) is 3.95. The van der Waals surface area contributed by atoms with Gasteiger partial charge < -0.3 is 0 Å². The zero-order valence-electron chi connectivity index (χ0n) is 11.5. The van der Waals surface area contributed by atoms with Gasteiger partial charge in [0.05, 0.1) is 0 Å². The maximum atomic E-state index is 8.81. The highest BCUT2D eigenvalue weighted by molar-refractivity contribution is 5.15. The summed E-state index contributed by atoms with van der Waals surface area (Å²) in [5, 5.41) is 8.81. The third-order valence-corrected chi connectivity index (χ3v) is 3.34. The lowest BCUT2D eigenvalue weighted by molar-refractivity contribution is 0.526. The Morgan fingerprint density at radius 1 is 1.22 bits per heavy atom. The lowest BCUT2D eigenvalue weighted by Gasteiger charge is -2.13. The van der Waals surface area contributed by atoms with Crippen LogP contribution in [-0.4, -0.2) is 9.97 Å². The van der Waals surface area contributed by atoms with E-state index in [2.05, 4.69) is 23.8 Å². The van der Waals surface area contributed by atoms with Gasteiger partial charge in [-0.2, -0.15) is 5.26 Å². The van der Waals surface area contributed by atoms with E-state index in [1.165, 1.54) is 38.5 Å². The van der Waals surface area contributed by atoms with E-state index in [1.54, 1.807) is 6.20 Å². The van der Waals surface area contributed by atoms with Crippen LogP contribution in [0.4, 0.5) is 0 Å². The van der Waals surface area contributed by atoms with Crippen LogP contribution in [0.2, 0.25) is 0 Å². The molecule has 1 unspecified atom stereocenters. The second-order valence-corrected chi connectivity index (χ2v) is 4.72. The van der Waals surface area contributed by atoms with Crippen LogP contribution in [0.1, 0.15) is 76.2 Å². The summed E-state index contributed by atoms with van der Waals surface area (Å²) in [6.07, 6.45) is 10.5. The van der Waals surface area contributed by atoms with E-state index >= 15 is 0 Å². The van der Waals surface area contributed by atoms with E-state index in [0.717, 1.165) is 12.1 Å². The predicted octanol–water partition coefficient (Wildman–Crippen LogP) is 4.20. The van der Waals surface area contributed by atoms with Gasteiger partial charge in [-0.1, -0.05) is 46.0 Å². The molecule has 1 heterocycles. The van der Waals surface area contributed by atoms with E-state index in [9.17, 15) is 0 Å². The fraction of sp³-hybridized carbons (Fsp3) is 0.667. The number of hydrogen-bond donors (Lipinski definition) is 0. The summed E-state index contributed by atoms with van der Waals surface area (Å²) in [5.74, 6) is 0.763. The molecule has 1 aromatic rings. The van der Waals surface area contributed by atoms with Crippen LogP contribution in [0.15, 0.2) is 12.3 Å². The molecule has 0 bridgehead atoms. The summed E-state index contributed by atoms with van der Waals surface area (Å²) in [5.41, 5.74) is 1.03. The summed E-state index contributed by atoms with van der Waals surface area (Å²) < 4.78 is 0. The fourth-order valence-corrected chi connectivity index (χ4v) is 2.21. The number of aromatic nitrogens is 2. The average Bonchev–Trinajstić information content (AvgIpc) is 2.43. The maximum absolute atomic E-state index is 8.81. The molecule has 0 aliphatic carbocycles. The smallest absolute Gasteiger partial charge is 0.228 e. The number of hydrogen-bond acceptors (Lipinski definition) is 3. The average molecular weight is 245 g/mol. The standard InChI is InChI=1S/C15H23N3/c1-3-5-6-7-8-9-13(4-2)14-10-11-17-15(12-16)18-14/h10-11,13H,3-9H2,1-2H3. The Labute approximate surface area is 110 Å². The lowest BCUT2D eigenvalue weighted by Crippen LogP contribution is -2.03. The van der Waals surface area contributed by atoms with Gasteiger partial charge in [0.2, 0.25) is 5.82 Å². The van der Waals surface area contributed by atoms with Crippen LogP contribution >= 0.6 is 0 Å². The molecule has 0 aliphatic heterocycles. The Bertz CT molecular complexity index is 382. The number of nitrogens with zero attached hydrogens (tertiary/aromatic N) is 3. The van der Waals surface area contributed by atoms with Crippen molar-refractivity contribution in [2.45, 2.75) is 64.7 Å². The largest absolute Gasteiger partial charge is 0.232 e. The second-order valence-electron chi connectivity index (χ2n) is 4.72. The third kappa shape index (κ3) is 4.83. The molecule has 3 nitrogen and oxygen atoms in total. The SMILES string of the molecule is CCCCCCCC(CC)c1ccnc(C#N)n1. The van der Waals surface area contributed by atoms with Crippen LogP contribution in [0, 0.1) is 11.3 Å². The van der Waals surface area contributed by atoms with E-state index < -0.39 is 0 Å². The first-order valence-electron chi connectivity index (χ1n) is 7.04. The molecule has 0 N–H and O–H groups in total. The van der Waals surface area contributed by atoms with Gasteiger partial charge >= 0.3 is 0 Å². The number of nitriles is 1. The maximum Gasteiger partial charge on any atom is 0.232 e. The molecule has 0 spiro atoms. The zero-order chi connectivity index (χ0) is 13.2. The monoisotopic (exact) mass is 245 g/mol. The van der Waals surface area contributed by atoms with Gasteiger partial charge in [0, 0.05) is 17.8 Å². The number of unbranched alkanes of at least 4 members (excludes halogenated alkanes) is 4. The Hall–Kier alpha value is -1.43. The summed E-state index contributed by atoms with van der Waals surface area (Å²) in [7, 11) is 0. The van der Waals surface area contributed by atoms with Gasteiger partial charge in [0.1, 0.15) is 6.07 Å². The fourth-order valence-electron chi connectivity index (χ4n) is 2.21. The van der Waals surface area contributed by atoms with Gasteiger partial charge in [-0.05, 0) is 18.9 Å². The normalized spacial score (nSPS) is 12.1. The summed E-state index contributed by atoms with van der Waals surface area (Å²) in [4.78, 5) is 8.23. The molecule has 0 saturated carbocycles. The minimum atomic E-state index is 0.289. The first-order chi connectivity index (χ1) is 8.81. The van der Waals surface area contributed by atoms with Crippen molar-refractivity contribution in [1.29, 1.82) is 5.26 Å². The van der Waals surface area contributed by atoms with E-state index in [0.29, 0.717) is 5.92 Å². The first kappa shape index (κ1) is 14.6. The van der Waals surface area contributed by atoms with Gasteiger partial charge in [0.15, 0.2) is 0 Å². The lowest BCUT2D eigenvalue weighted by atomic mass is 9.94. The Morgan fingerprint density at radius 2 is 2.00 bits per heavy atom. The highest BCUT2D eigenvalue weighted by Crippen LogP contribution is 2.24. The molecule has 0 radical (unpaired) electrons. The third-order valence-electron chi connectivity index (χ3n) is 3.34. The Balaban J connectivity index is 2.47. The zero-order valence-corrected chi connectivity index (χ0v) is 11.5. The van der Waals surface area contributed by atoms with Crippen molar-refractivity contribution < 1.29 is 0 Å². The molecule has 0 aliphatic rings. The van der Waals surface area contributed by atoms with E-state index in [-0.39, 0.29) is 5.82 Å². The van der Waals surface area contributed by atoms with Crippen molar-refractivity contribution in [3.63, 3.8) is 0 Å². The molecule has 0 saturated heterocycles. The molecule has 1 atom stereocenters. The van der Waals surface area contributed by atoms with Crippen LogP contribution in [0.3, 0.4) is 0 Å². The van der Waals surface area contributed by atoms with Crippen LogP contribution in [0.5, 0.6) is 0 Å².